The van der Waals surface area contributed by atoms with E-state index in [4.69, 9.17) is 9.47 Å². The standard InChI is InChI=1S/C15H18O3/c1-6-11-8-9-13(17-5)12(10-11)14(16)18-15(3,4)7-2/h6-10H,1-2H2,3-5H3. The Kier molecular flexibility index (Phi) is 4.32. The maximum Gasteiger partial charge on any atom is 0.342 e. The molecule has 18 heavy (non-hydrogen) atoms. The van der Waals surface area contributed by atoms with Crippen LogP contribution in [0.1, 0.15) is 29.8 Å². The van der Waals surface area contributed by atoms with Gasteiger partial charge in [-0.25, -0.2) is 4.79 Å². The van der Waals surface area contributed by atoms with Gasteiger partial charge in [0.05, 0.1) is 7.11 Å². The van der Waals surface area contributed by atoms with Crippen LogP contribution in [-0.4, -0.2) is 18.7 Å². The van der Waals surface area contributed by atoms with Crippen LogP contribution in [0.4, 0.5) is 0 Å². The summed E-state index contributed by atoms with van der Waals surface area (Å²) in [5.74, 6) is 0.0333. The quantitative estimate of drug-likeness (QED) is 0.589. The normalized spacial score (nSPS) is 10.6. The van der Waals surface area contributed by atoms with E-state index in [0.29, 0.717) is 11.3 Å². The first-order valence-electron chi connectivity index (χ1n) is 5.61. The lowest BCUT2D eigenvalue weighted by Gasteiger charge is -2.21. The van der Waals surface area contributed by atoms with Crippen LogP contribution in [0.15, 0.2) is 37.4 Å². The molecule has 0 aliphatic heterocycles. The molecule has 0 saturated heterocycles. The first-order chi connectivity index (χ1) is 8.43. The molecule has 0 aromatic heterocycles. The lowest BCUT2D eigenvalue weighted by atomic mass is 10.1. The van der Waals surface area contributed by atoms with Gasteiger partial charge in [0, 0.05) is 0 Å². The first kappa shape index (κ1) is 14.0. The molecule has 3 nitrogen and oxygen atoms in total. The van der Waals surface area contributed by atoms with Crippen molar-refractivity contribution < 1.29 is 14.3 Å². The largest absolute Gasteiger partial charge is 0.496 e. The van der Waals surface area contributed by atoms with Gasteiger partial charge >= 0.3 is 5.97 Å². The fourth-order valence-electron chi connectivity index (χ4n) is 1.35. The highest BCUT2D eigenvalue weighted by Gasteiger charge is 2.22. The van der Waals surface area contributed by atoms with Gasteiger partial charge in [0.1, 0.15) is 16.9 Å². The van der Waals surface area contributed by atoms with E-state index < -0.39 is 11.6 Å². The molecule has 0 radical (unpaired) electrons. The number of carbonyl (C=O) groups excluding carboxylic acids is 1. The third-order valence-electron chi connectivity index (χ3n) is 2.53. The number of carbonyl (C=O) groups is 1. The second kappa shape index (κ2) is 5.54. The molecule has 0 bridgehead atoms. The summed E-state index contributed by atoms with van der Waals surface area (Å²) in [5.41, 5.74) is 0.496. The van der Waals surface area contributed by atoms with Gasteiger partial charge in [0.15, 0.2) is 0 Å². The second-order valence-electron chi connectivity index (χ2n) is 4.36. The van der Waals surface area contributed by atoms with Crippen LogP contribution in [0, 0.1) is 0 Å². The van der Waals surface area contributed by atoms with Gasteiger partial charge in [0.25, 0.3) is 0 Å². The average molecular weight is 246 g/mol. The number of hydrogen-bond acceptors (Lipinski definition) is 3. The fourth-order valence-corrected chi connectivity index (χ4v) is 1.35. The van der Waals surface area contributed by atoms with Gasteiger partial charge in [-0.1, -0.05) is 25.3 Å². The van der Waals surface area contributed by atoms with Crippen molar-refractivity contribution in [1.82, 2.24) is 0 Å². The Labute approximate surface area is 108 Å². The van der Waals surface area contributed by atoms with Crippen molar-refractivity contribution >= 4 is 12.0 Å². The maximum atomic E-state index is 12.1. The van der Waals surface area contributed by atoms with Crippen LogP contribution in [0.5, 0.6) is 5.75 Å². The zero-order valence-electron chi connectivity index (χ0n) is 11.0. The molecule has 0 spiro atoms. The van der Waals surface area contributed by atoms with Crippen LogP contribution in [0.25, 0.3) is 6.08 Å². The molecule has 0 aliphatic rings. The molecule has 0 saturated carbocycles. The number of benzene rings is 1. The molecule has 1 aromatic carbocycles. The molecule has 1 aromatic rings. The Bertz CT molecular complexity index is 473. The molecule has 0 amide bonds. The highest BCUT2D eigenvalue weighted by Crippen LogP contribution is 2.23. The zero-order chi connectivity index (χ0) is 13.8. The Balaban J connectivity index is 3.10. The Morgan fingerprint density at radius 2 is 2.00 bits per heavy atom. The topological polar surface area (TPSA) is 35.5 Å². The summed E-state index contributed by atoms with van der Waals surface area (Å²) in [7, 11) is 1.51. The third kappa shape index (κ3) is 3.23. The Morgan fingerprint density at radius 1 is 1.33 bits per heavy atom. The lowest BCUT2D eigenvalue weighted by molar-refractivity contribution is 0.0171. The van der Waals surface area contributed by atoms with Gasteiger partial charge < -0.3 is 9.47 Å². The van der Waals surface area contributed by atoms with E-state index in [0.717, 1.165) is 5.56 Å². The van der Waals surface area contributed by atoms with Crippen molar-refractivity contribution in [3.05, 3.63) is 48.6 Å². The van der Waals surface area contributed by atoms with E-state index in [2.05, 4.69) is 13.2 Å². The molecule has 0 N–H and O–H groups in total. The summed E-state index contributed by atoms with van der Waals surface area (Å²) < 4.78 is 10.5. The second-order valence-corrected chi connectivity index (χ2v) is 4.36. The van der Waals surface area contributed by atoms with Crippen molar-refractivity contribution in [3.63, 3.8) is 0 Å². The van der Waals surface area contributed by atoms with Crippen LogP contribution >= 0.6 is 0 Å². The monoisotopic (exact) mass is 246 g/mol. The summed E-state index contributed by atoms with van der Waals surface area (Å²) in [6.07, 6.45) is 3.24. The van der Waals surface area contributed by atoms with Crippen LogP contribution in [0.3, 0.4) is 0 Å². The lowest BCUT2D eigenvalue weighted by Crippen LogP contribution is -2.25. The fraction of sp³-hybridized carbons (Fsp3) is 0.267. The minimum Gasteiger partial charge on any atom is -0.496 e. The predicted molar refractivity (Wildman–Crippen MR) is 72.8 cm³/mol. The molecule has 1 rings (SSSR count). The van der Waals surface area contributed by atoms with Gasteiger partial charge in [-0.05, 0) is 37.6 Å². The average Bonchev–Trinajstić information content (AvgIpc) is 2.37. The molecule has 0 fully saturated rings. The molecule has 0 heterocycles. The van der Waals surface area contributed by atoms with Crippen molar-refractivity contribution in [3.8, 4) is 5.75 Å². The molecule has 0 atom stereocenters. The van der Waals surface area contributed by atoms with Crippen molar-refractivity contribution in [2.24, 2.45) is 0 Å². The van der Waals surface area contributed by atoms with E-state index in [1.54, 1.807) is 38.1 Å². The van der Waals surface area contributed by atoms with Gasteiger partial charge in [0.2, 0.25) is 0 Å². The van der Waals surface area contributed by atoms with Crippen LogP contribution in [0.2, 0.25) is 0 Å². The first-order valence-corrected chi connectivity index (χ1v) is 5.61. The van der Waals surface area contributed by atoms with E-state index in [9.17, 15) is 4.79 Å². The van der Waals surface area contributed by atoms with Crippen LogP contribution in [-0.2, 0) is 4.74 Å². The van der Waals surface area contributed by atoms with Crippen LogP contribution < -0.4 is 4.74 Å². The number of methoxy groups -OCH3 is 1. The summed E-state index contributed by atoms with van der Waals surface area (Å²) >= 11 is 0. The smallest absolute Gasteiger partial charge is 0.342 e. The van der Waals surface area contributed by atoms with Crippen molar-refractivity contribution in [1.29, 1.82) is 0 Å². The van der Waals surface area contributed by atoms with Crippen molar-refractivity contribution in [2.75, 3.05) is 7.11 Å². The van der Waals surface area contributed by atoms with Gasteiger partial charge in [-0.15, -0.1) is 0 Å². The van der Waals surface area contributed by atoms with E-state index >= 15 is 0 Å². The third-order valence-corrected chi connectivity index (χ3v) is 2.53. The SMILES string of the molecule is C=Cc1ccc(OC)c(C(=O)OC(C)(C)C=C)c1. The Morgan fingerprint density at radius 3 is 2.50 bits per heavy atom. The highest BCUT2D eigenvalue weighted by molar-refractivity contribution is 5.93. The minimum atomic E-state index is -0.716. The molecule has 3 heteroatoms. The molecular weight excluding hydrogens is 228 g/mol. The summed E-state index contributed by atoms with van der Waals surface area (Å²) in [6, 6.07) is 5.23. The molecule has 0 aliphatic carbocycles. The molecule has 0 unspecified atom stereocenters. The molecule has 96 valence electrons. The summed E-state index contributed by atoms with van der Waals surface area (Å²) in [6.45, 7) is 10.8. The number of ether oxygens (including phenoxy) is 2. The number of hydrogen-bond donors (Lipinski definition) is 0. The van der Waals surface area contributed by atoms with E-state index in [-0.39, 0.29) is 0 Å². The van der Waals surface area contributed by atoms with Crippen molar-refractivity contribution in [2.45, 2.75) is 19.4 Å². The number of rotatable bonds is 5. The van der Waals surface area contributed by atoms with E-state index in [1.807, 2.05) is 6.07 Å². The number of esters is 1. The van der Waals surface area contributed by atoms with E-state index in [1.165, 1.54) is 7.11 Å². The maximum absolute atomic E-state index is 12.1. The van der Waals surface area contributed by atoms with Gasteiger partial charge in [-0.3, -0.25) is 0 Å². The molecular formula is C15H18O3. The zero-order valence-corrected chi connectivity index (χ0v) is 11.0. The highest BCUT2D eigenvalue weighted by atomic mass is 16.6. The van der Waals surface area contributed by atoms with Gasteiger partial charge in [-0.2, -0.15) is 0 Å². The minimum absolute atomic E-state index is 0.379. The predicted octanol–water partition coefficient (Wildman–Crippen LogP) is 3.46. The Hall–Kier alpha value is -2.03. The summed E-state index contributed by atoms with van der Waals surface area (Å²) in [4.78, 5) is 12.1. The summed E-state index contributed by atoms with van der Waals surface area (Å²) in [5, 5.41) is 0.